The van der Waals surface area contributed by atoms with E-state index in [1.807, 2.05) is 0 Å². The van der Waals surface area contributed by atoms with Crippen molar-refractivity contribution in [3.8, 4) is 0 Å². The molecule has 3 nitrogen and oxygen atoms in total. The first-order valence-corrected chi connectivity index (χ1v) is 9.27. The average molecular weight is 316 g/mol. The molecule has 0 bridgehead atoms. The maximum Gasteiger partial charge on any atom is 0.149 e. The molecule has 4 rings (SSSR count). The van der Waals surface area contributed by atoms with Crippen LogP contribution in [0.4, 0.5) is 0 Å². The molecule has 126 valence electrons. The topological polar surface area (TPSA) is 54.4 Å². The molecule has 0 heterocycles. The maximum absolute atomic E-state index is 12.7. The van der Waals surface area contributed by atoms with Gasteiger partial charge in [-0.2, -0.15) is 0 Å². The van der Waals surface area contributed by atoms with Crippen molar-refractivity contribution in [2.75, 3.05) is 0 Å². The minimum absolute atomic E-state index is 0.174. The Hall–Kier alpha value is -0.960. The fourth-order valence-electron chi connectivity index (χ4n) is 6.62. The second kappa shape index (κ2) is 5.02. The summed E-state index contributed by atoms with van der Waals surface area (Å²) in [6.07, 6.45) is 9.71. The Morgan fingerprint density at radius 1 is 1.17 bits per heavy atom. The van der Waals surface area contributed by atoms with Gasteiger partial charge >= 0.3 is 0 Å². The van der Waals surface area contributed by atoms with E-state index in [0.717, 1.165) is 51.2 Å². The van der Waals surface area contributed by atoms with Gasteiger partial charge in [0.05, 0.1) is 12.0 Å². The number of Topliss-reactive ketones (excluding diaryl/α,β-unsaturated/α-hetero) is 1. The summed E-state index contributed by atoms with van der Waals surface area (Å²) in [4.78, 5) is 24.0. The van der Waals surface area contributed by atoms with E-state index in [2.05, 4.69) is 19.9 Å². The van der Waals surface area contributed by atoms with Gasteiger partial charge < -0.3 is 9.90 Å². The quantitative estimate of drug-likeness (QED) is 0.459. The lowest BCUT2D eigenvalue weighted by Gasteiger charge is -2.56. The summed E-state index contributed by atoms with van der Waals surface area (Å²) in [6, 6.07) is 0. The first-order valence-electron chi connectivity index (χ1n) is 9.27. The van der Waals surface area contributed by atoms with E-state index in [-0.39, 0.29) is 28.6 Å². The van der Waals surface area contributed by atoms with E-state index in [4.69, 9.17) is 0 Å². The lowest BCUT2D eigenvalue weighted by atomic mass is 9.48. The summed E-state index contributed by atoms with van der Waals surface area (Å²) in [5.74, 6) is 1.36. The maximum atomic E-state index is 12.7. The number of aliphatic hydroxyl groups excluding tert-OH is 1. The average Bonchev–Trinajstić information content (AvgIpc) is 2.79. The SMILES string of the molecule is C[C@]12CC[C@H](O)CC1=CC[C@@H]1[C@@H]2CC[C@]2(C)C(=O)C(C=O)C[C@@H]12. The van der Waals surface area contributed by atoms with Crippen molar-refractivity contribution >= 4 is 12.1 Å². The molecule has 0 aromatic heterocycles. The second-order valence-electron chi connectivity index (χ2n) is 8.95. The van der Waals surface area contributed by atoms with Crippen LogP contribution in [0.3, 0.4) is 0 Å². The van der Waals surface area contributed by atoms with Crippen molar-refractivity contribution in [3.63, 3.8) is 0 Å². The zero-order valence-corrected chi connectivity index (χ0v) is 14.3. The molecule has 0 aromatic rings. The summed E-state index contributed by atoms with van der Waals surface area (Å²) in [5, 5.41) is 10.0. The number of carbonyl (C=O) groups excluding carboxylic acids is 2. The third kappa shape index (κ3) is 1.98. The van der Waals surface area contributed by atoms with Crippen molar-refractivity contribution < 1.29 is 14.7 Å². The number of aldehydes is 1. The fraction of sp³-hybridized carbons (Fsp3) is 0.800. The summed E-state index contributed by atoms with van der Waals surface area (Å²) in [6.45, 7) is 4.50. The molecule has 0 spiro atoms. The number of hydrogen-bond acceptors (Lipinski definition) is 3. The standard InChI is InChI=1S/C20H28O3/c1-19-7-5-14(22)10-13(19)3-4-15-16(19)6-8-20(2)17(15)9-12(11-21)18(20)23/h3,11-12,14-17,22H,4-10H2,1-2H3/t12?,14-,15+,16-,17-,19-,20-/m0/s1. The normalized spacial score (nSPS) is 52.2. The van der Waals surface area contributed by atoms with Crippen LogP contribution in [-0.2, 0) is 9.59 Å². The molecule has 0 aliphatic heterocycles. The number of hydrogen-bond donors (Lipinski definition) is 1. The van der Waals surface area contributed by atoms with Crippen LogP contribution in [-0.4, -0.2) is 23.3 Å². The molecule has 0 amide bonds. The minimum atomic E-state index is -0.366. The highest BCUT2D eigenvalue weighted by Crippen LogP contribution is 2.64. The lowest BCUT2D eigenvalue weighted by molar-refractivity contribution is -0.135. The predicted octanol–water partition coefficient (Wildman–Crippen LogP) is 3.30. The van der Waals surface area contributed by atoms with Crippen LogP contribution >= 0.6 is 0 Å². The Balaban J connectivity index is 1.69. The van der Waals surface area contributed by atoms with Crippen LogP contribution in [0.2, 0.25) is 0 Å². The molecule has 0 radical (unpaired) electrons. The molecule has 7 atom stereocenters. The molecular formula is C20H28O3. The highest BCUT2D eigenvalue weighted by Gasteiger charge is 2.60. The van der Waals surface area contributed by atoms with Crippen LogP contribution in [0, 0.1) is 34.5 Å². The monoisotopic (exact) mass is 316 g/mol. The molecule has 4 aliphatic rings. The zero-order chi connectivity index (χ0) is 16.4. The van der Waals surface area contributed by atoms with E-state index >= 15 is 0 Å². The highest BCUT2D eigenvalue weighted by atomic mass is 16.3. The first-order chi connectivity index (χ1) is 10.9. The number of allylic oxidation sites excluding steroid dienone is 1. The predicted molar refractivity (Wildman–Crippen MR) is 87.7 cm³/mol. The number of aliphatic hydroxyl groups is 1. The molecule has 0 aromatic carbocycles. The van der Waals surface area contributed by atoms with E-state index in [9.17, 15) is 14.7 Å². The molecule has 0 saturated heterocycles. The Kier molecular flexibility index (Phi) is 3.39. The summed E-state index contributed by atoms with van der Waals surface area (Å²) < 4.78 is 0. The number of ketones is 1. The van der Waals surface area contributed by atoms with Crippen molar-refractivity contribution in [2.24, 2.45) is 34.5 Å². The van der Waals surface area contributed by atoms with Gasteiger partial charge in [-0.15, -0.1) is 0 Å². The van der Waals surface area contributed by atoms with E-state index < -0.39 is 0 Å². The van der Waals surface area contributed by atoms with Crippen LogP contribution in [0.25, 0.3) is 0 Å². The van der Waals surface area contributed by atoms with Gasteiger partial charge in [0, 0.05) is 5.41 Å². The number of carbonyl (C=O) groups is 2. The molecule has 1 unspecified atom stereocenters. The third-order valence-corrected chi connectivity index (χ3v) is 8.04. The lowest BCUT2D eigenvalue weighted by Crippen LogP contribution is -2.50. The summed E-state index contributed by atoms with van der Waals surface area (Å²) in [7, 11) is 0. The molecule has 4 aliphatic carbocycles. The largest absolute Gasteiger partial charge is 0.393 e. The van der Waals surface area contributed by atoms with Crippen molar-refractivity contribution in [3.05, 3.63) is 11.6 Å². The van der Waals surface area contributed by atoms with E-state index in [0.29, 0.717) is 17.8 Å². The van der Waals surface area contributed by atoms with Crippen LogP contribution in [0.15, 0.2) is 11.6 Å². The van der Waals surface area contributed by atoms with Crippen LogP contribution in [0.1, 0.15) is 58.8 Å². The minimum Gasteiger partial charge on any atom is -0.393 e. The van der Waals surface area contributed by atoms with Crippen molar-refractivity contribution in [1.82, 2.24) is 0 Å². The molecule has 1 N–H and O–H groups in total. The van der Waals surface area contributed by atoms with Crippen LogP contribution in [0.5, 0.6) is 0 Å². The van der Waals surface area contributed by atoms with Crippen molar-refractivity contribution in [1.29, 1.82) is 0 Å². The number of fused-ring (bicyclic) bond motifs is 5. The van der Waals surface area contributed by atoms with Gasteiger partial charge in [0.15, 0.2) is 0 Å². The third-order valence-electron chi connectivity index (χ3n) is 8.04. The Labute approximate surface area is 138 Å². The molecule has 3 saturated carbocycles. The van der Waals surface area contributed by atoms with Gasteiger partial charge in [0.25, 0.3) is 0 Å². The van der Waals surface area contributed by atoms with Gasteiger partial charge in [-0.25, -0.2) is 0 Å². The van der Waals surface area contributed by atoms with Gasteiger partial charge in [0.2, 0.25) is 0 Å². The first kappa shape index (κ1) is 15.6. The van der Waals surface area contributed by atoms with Crippen molar-refractivity contribution in [2.45, 2.75) is 64.9 Å². The molecule has 23 heavy (non-hydrogen) atoms. The zero-order valence-electron chi connectivity index (χ0n) is 14.3. The molecular weight excluding hydrogens is 288 g/mol. The summed E-state index contributed by atoms with van der Waals surface area (Å²) in [5.41, 5.74) is 1.38. The number of rotatable bonds is 1. The Bertz CT molecular complexity index is 579. The van der Waals surface area contributed by atoms with Gasteiger partial charge in [-0.05, 0) is 68.1 Å². The van der Waals surface area contributed by atoms with E-state index in [1.165, 1.54) is 5.57 Å². The Morgan fingerprint density at radius 3 is 2.65 bits per heavy atom. The van der Waals surface area contributed by atoms with Crippen LogP contribution < -0.4 is 0 Å². The molecule has 3 fully saturated rings. The fourth-order valence-corrected chi connectivity index (χ4v) is 6.62. The Morgan fingerprint density at radius 2 is 1.91 bits per heavy atom. The van der Waals surface area contributed by atoms with Gasteiger partial charge in [-0.3, -0.25) is 4.79 Å². The van der Waals surface area contributed by atoms with E-state index in [1.54, 1.807) is 0 Å². The molecule has 3 heteroatoms. The van der Waals surface area contributed by atoms with Gasteiger partial charge in [-0.1, -0.05) is 25.5 Å². The smallest absolute Gasteiger partial charge is 0.149 e. The highest BCUT2D eigenvalue weighted by molar-refractivity contribution is 5.99. The van der Waals surface area contributed by atoms with Gasteiger partial charge in [0.1, 0.15) is 12.1 Å². The second-order valence-corrected chi connectivity index (χ2v) is 8.95. The summed E-state index contributed by atoms with van der Waals surface area (Å²) >= 11 is 0.